The van der Waals surface area contributed by atoms with Crippen LogP contribution in [0.5, 0.6) is 0 Å². The van der Waals surface area contributed by atoms with Crippen molar-refractivity contribution >= 4 is 35.1 Å². The first kappa shape index (κ1) is 32.2. The minimum Gasteiger partial charge on any atom is -0.464 e. The van der Waals surface area contributed by atoms with E-state index in [0.717, 1.165) is 13.1 Å². The van der Waals surface area contributed by atoms with E-state index in [1.807, 2.05) is 0 Å². The molecule has 1 aliphatic heterocycles. The van der Waals surface area contributed by atoms with Crippen LogP contribution in [0.4, 0.5) is 9.59 Å². The van der Waals surface area contributed by atoms with E-state index in [0.29, 0.717) is 37.9 Å². The highest BCUT2D eigenvalue weighted by atomic mass is 32.2. The quantitative estimate of drug-likeness (QED) is 0.157. The molecule has 0 saturated carbocycles. The van der Waals surface area contributed by atoms with Crippen LogP contribution in [0.3, 0.4) is 0 Å². The van der Waals surface area contributed by atoms with Crippen LogP contribution in [0, 0.1) is 12.8 Å². The number of esters is 2. The Morgan fingerprint density at radius 1 is 1.03 bits per heavy atom. The lowest BCUT2D eigenvalue weighted by molar-refractivity contribution is -0.156. The third-order valence-electron chi connectivity index (χ3n) is 5.53. The summed E-state index contributed by atoms with van der Waals surface area (Å²) in [6, 6.07) is -1.35. The van der Waals surface area contributed by atoms with E-state index in [1.165, 1.54) is 20.8 Å². The molecule has 1 atom stereocenters. The number of nitrogens with zero attached hydrogens (tertiary/aromatic N) is 1. The number of carbonyl (C=O) groups excluding carboxylic acids is 4. The van der Waals surface area contributed by atoms with Crippen LogP contribution < -0.4 is 11.1 Å². The minimum absolute atomic E-state index is 0.0423. The van der Waals surface area contributed by atoms with E-state index >= 15 is 0 Å². The molecule has 0 aromatic carbocycles. The van der Waals surface area contributed by atoms with Crippen LogP contribution in [0.15, 0.2) is 13.6 Å². The Bertz CT molecular complexity index is 1030. The fourth-order valence-electron chi connectivity index (χ4n) is 3.29. The summed E-state index contributed by atoms with van der Waals surface area (Å²) in [5.74, 6) is -2.50. The maximum Gasteiger partial charge on any atom is 0.519 e. The SMILES string of the molecule is Cc1oc(=O)oc1COC(=O)SC(C)(C)[C@@H](NC(=O)OCOC(=O)C(C)C)C(=O)OCCCN1CCOCC1. The standard InChI is InChI=1S/C24H36N2O12S/c1-15(2)19(27)35-14-36-21(29)25-18(20(28)33-10-6-7-26-8-11-32-12-9-26)24(4,5)39-23(31)34-13-17-16(3)37-22(30)38-17/h15,18H,6-14H2,1-5H3,(H,25,29)/t18-/m0/s1. The zero-order chi connectivity index (χ0) is 29.0. The summed E-state index contributed by atoms with van der Waals surface area (Å²) in [5, 5.41) is 1.57. The van der Waals surface area contributed by atoms with Gasteiger partial charge < -0.3 is 37.8 Å². The Balaban J connectivity index is 1.97. The molecule has 1 aliphatic rings. The monoisotopic (exact) mass is 576 g/mol. The molecule has 1 saturated heterocycles. The highest BCUT2D eigenvalue weighted by molar-refractivity contribution is 8.14. The van der Waals surface area contributed by atoms with Gasteiger partial charge in [-0.05, 0) is 39.0 Å². The summed E-state index contributed by atoms with van der Waals surface area (Å²) in [4.78, 5) is 62.9. The van der Waals surface area contributed by atoms with Crippen molar-refractivity contribution in [1.82, 2.24) is 10.2 Å². The molecule has 0 bridgehead atoms. The Kier molecular flexibility index (Phi) is 12.8. The molecule has 220 valence electrons. The van der Waals surface area contributed by atoms with E-state index < -0.39 is 52.7 Å². The van der Waals surface area contributed by atoms with Gasteiger partial charge in [0.25, 0.3) is 0 Å². The van der Waals surface area contributed by atoms with Crippen molar-refractivity contribution in [2.45, 2.75) is 58.4 Å². The molecule has 1 aromatic heterocycles. The number of alkyl carbamates (subject to hydrolysis) is 1. The summed E-state index contributed by atoms with van der Waals surface area (Å²) >= 11 is 0.617. The largest absolute Gasteiger partial charge is 0.519 e. The molecule has 39 heavy (non-hydrogen) atoms. The number of hydrogen-bond donors (Lipinski definition) is 1. The number of rotatable bonds is 13. The van der Waals surface area contributed by atoms with Crippen molar-refractivity contribution < 1.29 is 51.7 Å². The topological polar surface area (TPSA) is 173 Å². The highest BCUT2D eigenvalue weighted by Gasteiger charge is 2.41. The average molecular weight is 577 g/mol. The maximum atomic E-state index is 13.0. The van der Waals surface area contributed by atoms with Gasteiger partial charge >= 0.3 is 29.2 Å². The van der Waals surface area contributed by atoms with Gasteiger partial charge in [0.05, 0.1) is 30.5 Å². The molecular weight excluding hydrogens is 540 g/mol. The summed E-state index contributed by atoms with van der Waals surface area (Å²) in [6.07, 6.45) is -0.501. The van der Waals surface area contributed by atoms with Crippen LogP contribution in [0.1, 0.15) is 45.6 Å². The Labute approximate surface area is 229 Å². The summed E-state index contributed by atoms with van der Waals surface area (Å²) in [6.45, 7) is 10.4. The third kappa shape index (κ3) is 11.3. The van der Waals surface area contributed by atoms with Crippen molar-refractivity contribution in [3.63, 3.8) is 0 Å². The average Bonchev–Trinajstić information content (AvgIpc) is 3.20. The number of aryl methyl sites for hydroxylation is 1. The molecule has 0 spiro atoms. The predicted octanol–water partition coefficient (Wildman–Crippen LogP) is 2.21. The highest BCUT2D eigenvalue weighted by Crippen LogP contribution is 2.31. The van der Waals surface area contributed by atoms with Crippen LogP contribution in [-0.2, 0) is 39.9 Å². The Morgan fingerprint density at radius 3 is 2.33 bits per heavy atom. The summed E-state index contributed by atoms with van der Waals surface area (Å²) in [5.41, 5.74) is 0. The zero-order valence-electron chi connectivity index (χ0n) is 22.8. The van der Waals surface area contributed by atoms with Crippen LogP contribution in [0.25, 0.3) is 0 Å². The lowest BCUT2D eigenvalue weighted by Crippen LogP contribution is -2.54. The summed E-state index contributed by atoms with van der Waals surface area (Å²) in [7, 11) is 0. The number of carbonyl (C=O) groups is 4. The lowest BCUT2D eigenvalue weighted by Gasteiger charge is -2.31. The molecule has 2 rings (SSSR count). The van der Waals surface area contributed by atoms with Crippen molar-refractivity contribution in [1.29, 1.82) is 0 Å². The van der Waals surface area contributed by atoms with Crippen LogP contribution >= 0.6 is 11.8 Å². The van der Waals surface area contributed by atoms with Gasteiger partial charge in [-0.1, -0.05) is 13.8 Å². The molecule has 14 nitrogen and oxygen atoms in total. The van der Waals surface area contributed by atoms with E-state index in [1.54, 1.807) is 13.8 Å². The predicted molar refractivity (Wildman–Crippen MR) is 136 cm³/mol. The van der Waals surface area contributed by atoms with E-state index in [2.05, 4.69) is 10.2 Å². The molecule has 0 unspecified atom stereocenters. The Hall–Kier alpha value is -3.04. The van der Waals surface area contributed by atoms with Crippen molar-refractivity contribution in [2.24, 2.45) is 5.92 Å². The molecule has 0 aliphatic carbocycles. The normalized spacial score (nSPS) is 14.9. The van der Waals surface area contributed by atoms with E-state index in [4.69, 9.17) is 32.5 Å². The van der Waals surface area contributed by atoms with Gasteiger partial charge in [0.15, 0.2) is 18.1 Å². The van der Waals surface area contributed by atoms with Gasteiger partial charge in [-0.3, -0.25) is 9.69 Å². The fraction of sp³-hybridized carbons (Fsp3) is 0.708. The van der Waals surface area contributed by atoms with E-state index in [9.17, 15) is 24.0 Å². The van der Waals surface area contributed by atoms with Gasteiger partial charge in [0.2, 0.25) is 6.79 Å². The maximum absolute atomic E-state index is 13.0. The molecule has 1 aromatic rings. The first-order chi connectivity index (χ1) is 18.4. The third-order valence-corrected chi connectivity index (χ3v) is 6.57. The number of thioether (sulfide) groups is 1. The molecular formula is C24H36N2O12S. The second kappa shape index (κ2) is 15.5. The van der Waals surface area contributed by atoms with Gasteiger partial charge in [0.1, 0.15) is 6.04 Å². The Morgan fingerprint density at radius 2 is 1.72 bits per heavy atom. The van der Waals surface area contributed by atoms with Crippen LogP contribution in [-0.4, -0.2) is 85.3 Å². The molecule has 1 fully saturated rings. The number of morpholine rings is 1. The first-order valence-electron chi connectivity index (χ1n) is 12.4. The fourth-order valence-corrected chi connectivity index (χ4v) is 4.11. The van der Waals surface area contributed by atoms with Crippen molar-refractivity contribution in [3.05, 3.63) is 22.1 Å². The number of ether oxygens (including phenoxy) is 5. The molecule has 1 amide bonds. The van der Waals surface area contributed by atoms with Crippen molar-refractivity contribution in [3.8, 4) is 0 Å². The summed E-state index contributed by atoms with van der Waals surface area (Å²) < 4.78 is 33.8. The number of nitrogens with one attached hydrogen (secondary N) is 1. The smallest absolute Gasteiger partial charge is 0.464 e. The second-order valence-corrected chi connectivity index (χ2v) is 11.0. The van der Waals surface area contributed by atoms with Crippen molar-refractivity contribution in [2.75, 3.05) is 46.2 Å². The zero-order valence-corrected chi connectivity index (χ0v) is 23.6. The van der Waals surface area contributed by atoms with Gasteiger partial charge in [-0.25, -0.2) is 19.2 Å². The lowest BCUT2D eigenvalue weighted by atomic mass is 10.0. The second-order valence-electron chi connectivity index (χ2n) is 9.40. The molecule has 0 radical (unpaired) electrons. The first-order valence-corrected chi connectivity index (χ1v) is 13.2. The number of hydrogen-bond acceptors (Lipinski definition) is 14. The minimum atomic E-state index is -1.35. The van der Waals surface area contributed by atoms with Crippen LogP contribution in [0.2, 0.25) is 0 Å². The molecule has 2 heterocycles. The van der Waals surface area contributed by atoms with E-state index in [-0.39, 0.29) is 24.7 Å². The van der Waals surface area contributed by atoms with Gasteiger partial charge in [-0.15, -0.1) is 0 Å². The molecule has 15 heteroatoms. The van der Waals surface area contributed by atoms with Gasteiger partial charge in [-0.2, -0.15) is 0 Å². The van der Waals surface area contributed by atoms with Gasteiger partial charge in [0, 0.05) is 19.6 Å². The molecule has 1 N–H and O–H groups in total. The number of amides is 1.